The highest BCUT2D eigenvalue weighted by atomic mass is 79.9. The quantitative estimate of drug-likeness (QED) is 0.881. The third kappa shape index (κ3) is 3.86. The molecule has 0 amide bonds. The van der Waals surface area contributed by atoms with Crippen molar-refractivity contribution < 1.29 is 17.9 Å². The molecule has 1 fully saturated rings. The van der Waals surface area contributed by atoms with Crippen LogP contribution >= 0.6 is 15.9 Å². The van der Waals surface area contributed by atoms with E-state index in [0.717, 1.165) is 25.3 Å². The summed E-state index contributed by atoms with van der Waals surface area (Å²) < 4.78 is 44.7. The van der Waals surface area contributed by atoms with Gasteiger partial charge in [-0.2, -0.15) is 13.2 Å². The second kappa shape index (κ2) is 5.71. The zero-order valence-electron chi connectivity index (χ0n) is 10.2. The zero-order valence-corrected chi connectivity index (χ0v) is 11.8. The number of hydrogen-bond donors (Lipinski definition) is 1. The summed E-state index contributed by atoms with van der Waals surface area (Å²) in [5.41, 5.74) is 5.07. The molecule has 0 aromatic heterocycles. The van der Waals surface area contributed by atoms with Crippen molar-refractivity contribution in [2.45, 2.75) is 44.0 Å². The molecule has 0 aliphatic heterocycles. The number of alkyl halides is 3. The van der Waals surface area contributed by atoms with Crippen LogP contribution < -0.4 is 10.5 Å². The number of rotatable bonds is 2. The van der Waals surface area contributed by atoms with Gasteiger partial charge in [0.15, 0.2) is 0 Å². The summed E-state index contributed by atoms with van der Waals surface area (Å²) in [7, 11) is 0. The van der Waals surface area contributed by atoms with Gasteiger partial charge in [0.05, 0.1) is 5.56 Å². The van der Waals surface area contributed by atoms with Crippen molar-refractivity contribution in [1.82, 2.24) is 0 Å². The molecule has 0 spiro atoms. The maximum absolute atomic E-state index is 12.9. The molecule has 2 unspecified atom stereocenters. The Hall–Kier alpha value is -0.750. The van der Waals surface area contributed by atoms with Crippen molar-refractivity contribution in [1.29, 1.82) is 0 Å². The van der Waals surface area contributed by atoms with Gasteiger partial charge in [0.25, 0.3) is 0 Å². The van der Waals surface area contributed by atoms with Crippen LogP contribution in [0.5, 0.6) is 5.75 Å². The highest BCUT2D eigenvalue weighted by molar-refractivity contribution is 9.10. The maximum atomic E-state index is 12.9. The topological polar surface area (TPSA) is 35.2 Å². The predicted octanol–water partition coefficient (Wildman–Crippen LogP) is 4.12. The lowest BCUT2D eigenvalue weighted by atomic mass is 9.93. The predicted molar refractivity (Wildman–Crippen MR) is 70.0 cm³/mol. The third-order valence-electron chi connectivity index (χ3n) is 3.21. The monoisotopic (exact) mass is 337 g/mol. The minimum absolute atomic E-state index is 0.0172. The van der Waals surface area contributed by atoms with Gasteiger partial charge < -0.3 is 10.5 Å². The minimum atomic E-state index is -4.42. The average molecular weight is 338 g/mol. The molecule has 1 aliphatic carbocycles. The Kier molecular flexibility index (Phi) is 4.40. The van der Waals surface area contributed by atoms with Crippen molar-refractivity contribution in [3.8, 4) is 5.75 Å². The van der Waals surface area contributed by atoms with Crippen molar-refractivity contribution in [3.05, 3.63) is 28.2 Å². The van der Waals surface area contributed by atoms with Crippen LogP contribution in [-0.4, -0.2) is 12.1 Å². The van der Waals surface area contributed by atoms with E-state index < -0.39 is 11.7 Å². The van der Waals surface area contributed by atoms with Crippen LogP contribution in [-0.2, 0) is 6.18 Å². The summed E-state index contributed by atoms with van der Waals surface area (Å²) >= 11 is 3.05. The van der Waals surface area contributed by atoms with E-state index in [1.54, 1.807) is 6.07 Å². The first-order valence-electron chi connectivity index (χ1n) is 6.15. The first-order valence-corrected chi connectivity index (χ1v) is 6.94. The molecule has 2 N–H and O–H groups in total. The summed E-state index contributed by atoms with van der Waals surface area (Å²) in [5.74, 6) is -0.116. The molecule has 0 radical (unpaired) electrons. The Morgan fingerprint density at radius 1 is 1.26 bits per heavy atom. The van der Waals surface area contributed by atoms with Crippen LogP contribution in [0.1, 0.15) is 31.2 Å². The second-order valence-corrected chi connectivity index (χ2v) is 5.72. The number of halogens is 4. The largest absolute Gasteiger partial charge is 0.490 e. The Bertz CT molecular complexity index is 450. The summed E-state index contributed by atoms with van der Waals surface area (Å²) in [6.45, 7) is 0. The third-order valence-corrected chi connectivity index (χ3v) is 3.70. The number of nitrogens with two attached hydrogens (primary N) is 1. The zero-order chi connectivity index (χ0) is 14.0. The molecule has 0 heterocycles. The highest BCUT2D eigenvalue weighted by Gasteiger charge is 2.35. The van der Waals surface area contributed by atoms with Crippen LogP contribution in [0.2, 0.25) is 0 Å². The standard InChI is InChI=1S/C13H15BrF3NO/c14-8-4-5-12(11(6-8)13(15,16)17)19-10-3-1-2-9(18)7-10/h4-6,9-10H,1-3,7,18H2. The van der Waals surface area contributed by atoms with E-state index in [1.807, 2.05) is 0 Å². The Morgan fingerprint density at radius 3 is 2.63 bits per heavy atom. The van der Waals surface area contributed by atoms with Crippen LogP contribution in [0.15, 0.2) is 22.7 Å². The van der Waals surface area contributed by atoms with E-state index in [-0.39, 0.29) is 17.9 Å². The van der Waals surface area contributed by atoms with Gasteiger partial charge in [-0.25, -0.2) is 0 Å². The van der Waals surface area contributed by atoms with Crippen LogP contribution in [0.3, 0.4) is 0 Å². The molecule has 6 heteroatoms. The molecular weight excluding hydrogens is 323 g/mol. The molecule has 2 nitrogen and oxygen atoms in total. The summed E-state index contributed by atoms with van der Waals surface area (Å²) in [6, 6.07) is 3.96. The van der Waals surface area contributed by atoms with Gasteiger partial charge in [0, 0.05) is 10.5 Å². The fourth-order valence-electron chi connectivity index (χ4n) is 2.29. The van der Waals surface area contributed by atoms with E-state index in [2.05, 4.69) is 15.9 Å². The summed E-state index contributed by atoms with van der Waals surface area (Å²) in [4.78, 5) is 0. The Balaban J connectivity index is 2.20. The Labute approximate surface area is 118 Å². The van der Waals surface area contributed by atoms with Gasteiger partial charge in [0.2, 0.25) is 0 Å². The van der Waals surface area contributed by atoms with Crippen molar-refractivity contribution >= 4 is 15.9 Å². The van der Waals surface area contributed by atoms with Gasteiger partial charge in [-0.05, 0) is 43.9 Å². The van der Waals surface area contributed by atoms with Crippen molar-refractivity contribution in [3.63, 3.8) is 0 Å². The SMILES string of the molecule is NC1CCCC(Oc2ccc(Br)cc2C(F)(F)F)C1. The van der Waals surface area contributed by atoms with Crippen LogP contribution in [0.4, 0.5) is 13.2 Å². The molecular formula is C13H15BrF3NO. The average Bonchev–Trinajstić information content (AvgIpc) is 2.30. The van der Waals surface area contributed by atoms with Gasteiger partial charge in [-0.3, -0.25) is 0 Å². The molecule has 106 valence electrons. The number of ether oxygens (including phenoxy) is 1. The minimum Gasteiger partial charge on any atom is -0.490 e. The molecule has 1 aromatic rings. The highest BCUT2D eigenvalue weighted by Crippen LogP contribution is 2.39. The molecule has 0 bridgehead atoms. The number of hydrogen-bond acceptors (Lipinski definition) is 2. The lowest BCUT2D eigenvalue weighted by Crippen LogP contribution is -2.34. The van der Waals surface area contributed by atoms with E-state index in [1.165, 1.54) is 6.07 Å². The molecule has 0 saturated heterocycles. The van der Waals surface area contributed by atoms with Crippen molar-refractivity contribution in [2.75, 3.05) is 0 Å². The van der Waals surface area contributed by atoms with Crippen molar-refractivity contribution in [2.24, 2.45) is 5.73 Å². The lowest BCUT2D eigenvalue weighted by Gasteiger charge is -2.28. The van der Waals surface area contributed by atoms with Gasteiger partial charge in [-0.15, -0.1) is 0 Å². The van der Waals surface area contributed by atoms with E-state index in [9.17, 15) is 13.2 Å². The van der Waals surface area contributed by atoms with E-state index in [0.29, 0.717) is 10.9 Å². The van der Waals surface area contributed by atoms with Gasteiger partial charge in [-0.1, -0.05) is 15.9 Å². The Morgan fingerprint density at radius 2 is 2.00 bits per heavy atom. The molecule has 19 heavy (non-hydrogen) atoms. The lowest BCUT2D eigenvalue weighted by molar-refractivity contribution is -0.139. The second-order valence-electron chi connectivity index (χ2n) is 4.80. The first kappa shape index (κ1) is 14.7. The van der Waals surface area contributed by atoms with E-state index >= 15 is 0 Å². The van der Waals surface area contributed by atoms with Crippen LogP contribution in [0, 0.1) is 0 Å². The van der Waals surface area contributed by atoms with Gasteiger partial charge >= 0.3 is 6.18 Å². The fraction of sp³-hybridized carbons (Fsp3) is 0.538. The maximum Gasteiger partial charge on any atom is 0.420 e. The normalized spacial score (nSPS) is 24.3. The molecule has 1 aliphatic rings. The summed E-state index contributed by atoms with van der Waals surface area (Å²) in [6.07, 6.45) is -1.49. The molecule has 2 rings (SSSR count). The van der Waals surface area contributed by atoms with Gasteiger partial charge in [0.1, 0.15) is 11.9 Å². The van der Waals surface area contributed by atoms with E-state index in [4.69, 9.17) is 10.5 Å². The molecule has 2 atom stereocenters. The van der Waals surface area contributed by atoms with Crippen LogP contribution in [0.25, 0.3) is 0 Å². The molecule has 1 aromatic carbocycles. The number of benzene rings is 1. The summed E-state index contributed by atoms with van der Waals surface area (Å²) in [5, 5.41) is 0. The smallest absolute Gasteiger partial charge is 0.420 e. The fourth-order valence-corrected chi connectivity index (χ4v) is 2.66. The first-order chi connectivity index (χ1) is 8.86. The molecule has 1 saturated carbocycles.